The van der Waals surface area contributed by atoms with Gasteiger partial charge < -0.3 is 0 Å². The average Bonchev–Trinajstić information content (AvgIpc) is 2.58. The van der Waals surface area contributed by atoms with Crippen molar-refractivity contribution in [3.8, 4) is 0 Å². The normalized spacial score (nSPS) is 12.6. The summed E-state index contributed by atoms with van der Waals surface area (Å²) >= 11 is 0. The third-order valence-corrected chi connectivity index (χ3v) is 3.07. The minimum Gasteiger partial charge on any atom is -0.298 e. The SMILES string of the molecule is CC(C)c1cn2[nH]c(C(C)(C)C)cc2cc1=O. The molecule has 2 rings (SSSR count). The summed E-state index contributed by atoms with van der Waals surface area (Å²) in [4.78, 5) is 11.9. The summed E-state index contributed by atoms with van der Waals surface area (Å²) in [6, 6.07) is 3.76. The number of hydrogen-bond acceptors (Lipinski definition) is 1. The lowest BCUT2D eigenvalue weighted by Crippen LogP contribution is -2.12. The lowest BCUT2D eigenvalue weighted by molar-refractivity contribution is 0.562. The first-order valence-electron chi connectivity index (χ1n) is 6.05. The maximum atomic E-state index is 11.9. The Morgan fingerprint density at radius 3 is 2.41 bits per heavy atom. The Labute approximate surface area is 101 Å². The fraction of sp³-hybridized carbons (Fsp3) is 0.500. The van der Waals surface area contributed by atoms with E-state index in [1.807, 2.05) is 30.6 Å². The second-order valence-corrected chi connectivity index (χ2v) is 5.96. The molecule has 0 amide bonds. The van der Waals surface area contributed by atoms with Crippen molar-refractivity contribution in [3.05, 3.63) is 39.8 Å². The first kappa shape index (κ1) is 12.0. The van der Waals surface area contributed by atoms with Crippen LogP contribution in [0.2, 0.25) is 0 Å². The van der Waals surface area contributed by atoms with Gasteiger partial charge in [-0.2, -0.15) is 0 Å². The highest BCUT2D eigenvalue weighted by atomic mass is 16.1. The van der Waals surface area contributed by atoms with Gasteiger partial charge >= 0.3 is 0 Å². The number of H-pyrrole nitrogens is 1. The zero-order valence-corrected chi connectivity index (χ0v) is 11.2. The van der Waals surface area contributed by atoms with Crippen molar-refractivity contribution in [1.29, 1.82) is 0 Å². The summed E-state index contributed by atoms with van der Waals surface area (Å²) in [5.41, 5.74) is 3.11. The van der Waals surface area contributed by atoms with Crippen LogP contribution in [0.15, 0.2) is 23.1 Å². The zero-order chi connectivity index (χ0) is 12.8. The van der Waals surface area contributed by atoms with E-state index in [1.165, 1.54) is 0 Å². The van der Waals surface area contributed by atoms with E-state index in [0.717, 1.165) is 16.8 Å². The third-order valence-electron chi connectivity index (χ3n) is 3.07. The van der Waals surface area contributed by atoms with Gasteiger partial charge in [0.15, 0.2) is 5.43 Å². The zero-order valence-electron chi connectivity index (χ0n) is 11.2. The highest BCUT2D eigenvalue weighted by Crippen LogP contribution is 2.22. The van der Waals surface area contributed by atoms with Crippen molar-refractivity contribution in [1.82, 2.24) is 9.61 Å². The lowest BCUT2D eigenvalue weighted by atomic mass is 9.92. The van der Waals surface area contributed by atoms with E-state index in [1.54, 1.807) is 6.07 Å². The fourth-order valence-electron chi connectivity index (χ4n) is 1.90. The molecule has 2 heterocycles. The first-order valence-corrected chi connectivity index (χ1v) is 6.05. The van der Waals surface area contributed by atoms with Crippen molar-refractivity contribution in [2.75, 3.05) is 0 Å². The Kier molecular flexibility index (Phi) is 2.64. The van der Waals surface area contributed by atoms with E-state index < -0.39 is 0 Å². The van der Waals surface area contributed by atoms with E-state index in [4.69, 9.17) is 0 Å². The molecular formula is C14H20N2O. The number of fused-ring (bicyclic) bond motifs is 1. The summed E-state index contributed by atoms with van der Waals surface area (Å²) in [6.45, 7) is 10.5. The summed E-state index contributed by atoms with van der Waals surface area (Å²) < 4.78 is 1.94. The van der Waals surface area contributed by atoms with Gasteiger partial charge in [-0.3, -0.25) is 14.4 Å². The van der Waals surface area contributed by atoms with Crippen molar-refractivity contribution in [2.24, 2.45) is 0 Å². The molecule has 0 fully saturated rings. The largest absolute Gasteiger partial charge is 0.298 e. The number of rotatable bonds is 1. The monoisotopic (exact) mass is 232 g/mol. The molecule has 0 radical (unpaired) electrons. The second kappa shape index (κ2) is 3.76. The van der Waals surface area contributed by atoms with E-state index in [9.17, 15) is 4.79 Å². The lowest BCUT2D eigenvalue weighted by Gasteiger charge is -2.15. The Morgan fingerprint density at radius 1 is 1.24 bits per heavy atom. The number of nitrogens with zero attached hydrogens (tertiary/aromatic N) is 1. The summed E-state index contributed by atoms with van der Waals surface area (Å²) in [5.74, 6) is 0.251. The molecule has 3 nitrogen and oxygen atoms in total. The highest BCUT2D eigenvalue weighted by molar-refractivity contribution is 5.49. The van der Waals surface area contributed by atoms with Gasteiger partial charge in [0.05, 0.1) is 5.52 Å². The van der Waals surface area contributed by atoms with Crippen LogP contribution in [-0.2, 0) is 5.41 Å². The van der Waals surface area contributed by atoms with Gasteiger partial charge in [-0.15, -0.1) is 0 Å². The molecule has 0 aromatic carbocycles. The molecule has 0 spiro atoms. The number of hydrogen-bond donors (Lipinski definition) is 1. The molecule has 0 saturated heterocycles. The number of aromatic amines is 1. The first-order chi connectivity index (χ1) is 7.79. The second-order valence-electron chi connectivity index (χ2n) is 5.96. The Morgan fingerprint density at radius 2 is 1.88 bits per heavy atom. The number of nitrogens with one attached hydrogen (secondary N) is 1. The van der Waals surface area contributed by atoms with E-state index >= 15 is 0 Å². The van der Waals surface area contributed by atoms with Gasteiger partial charge in [-0.05, 0) is 12.0 Å². The molecule has 0 atom stereocenters. The van der Waals surface area contributed by atoms with Gasteiger partial charge in [-0.1, -0.05) is 34.6 Å². The molecule has 0 saturated carbocycles. The van der Waals surface area contributed by atoms with Crippen LogP contribution >= 0.6 is 0 Å². The van der Waals surface area contributed by atoms with Crippen LogP contribution in [-0.4, -0.2) is 9.61 Å². The summed E-state index contributed by atoms with van der Waals surface area (Å²) in [6.07, 6.45) is 1.91. The minimum absolute atomic E-state index is 0.0626. The molecule has 92 valence electrons. The molecule has 0 aliphatic heterocycles. The summed E-state index contributed by atoms with van der Waals surface area (Å²) in [7, 11) is 0. The highest BCUT2D eigenvalue weighted by Gasteiger charge is 2.17. The van der Waals surface area contributed by atoms with Crippen molar-refractivity contribution < 1.29 is 0 Å². The van der Waals surface area contributed by atoms with Crippen LogP contribution in [0.5, 0.6) is 0 Å². The van der Waals surface area contributed by atoms with Gasteiger partial charge in [0.1, 0.15) is 0 Å². The van der Waals surface area contributed by atoms with Crippen LogP contribution < -0.4 is 5.43 Å². The quantitative estimate of drug-likeness (QED) is 0.806. The Hall–Kier alpha value is -1.51. The standard InChI is InChI=1S/C14H20N2O/c1-9(2)11-8-16-10(6-12(11)17)7-13(15-16)14(3,4)5/h6-9,15H,1-5H3. The topological polar surface area (TPSA) is 37.3 Å². The predicted octanol–water partition coefficient (Wildman–Crippen LogP) is 3.05. The van der Waals surface area contributed by atoms with Crippen LogP contribution in [0.25, 0.3) is 5.52 Å². The van der Waals surface area contributed by atoms with Crippen molar-refractivity contribution in [3.63, 3.8) is 0 Å². The molecule has 0 bridgehead atoms. The van der Waals surface area contributed by atoms with Crippen LogP contribution in [0.3, 0.4) is 0 Å². The van der Waals surface area contributed by atoms with Gasteiger partial charge in [0.25, 0.3) is 0 Å². The van der Waals surface area contributed by atoms with Gasteiger partial charge in [0, 0.05) is 28.9 Å². The molecule has 0 aliphatic carbocycles. The van der Waals surface area contributed by atoms with Crippen molar-refractivity contribution in [2.45, 2.75) is 46.0 Å². The van der Waals surface area contributed by atoms with Crippen LogP contribution in [0.4, 0.5) is 0 Å². The molecule has 2 aromatic rings. The fourth-order valence-corrected chi connectivity index (χ4v) is 1.90. The maximum Gasteiger partial charge on any atom is 0.185 e. The van der Waals surface area contributed by atoms with E-state index in [2.05, 4.69) is 25.9 Å². The van der Waals surface area contributed by atoms with Gasteiger partial charge in [-0.25, -0.2) is 0 Å². The number of aromatic nitrogens is 2. The van der Waals surface area contributed by atoms with Crippen LogP contribution in [0.1, 0.15) is 51.8 Å². The Balaban J connectivity index is 2.67. The molecule has 3 heteroatoms. The van der Waals surface area contributed by atoms with Gasteiger partial charge in [0.2, 0.25) is 0 Å². The molecule has 17 heavy (non-hydrogen) atoms. The third kappa shape index (κ3) is 2.14. The summed E-state index contributed by atoms with van der Waals surface area (Å²) in [5, 5.41) is 3.34. The molecule has 1 N–H and O–H groups in total. The Bertz CT molecular complexity index is 597. The average molecular weight is 232 g/mol. The smallest absolute Gasteiger partial charge is 0.185 e. The van der Waals surface area contributed by atoms with E-state index in [-0.39, 0.29) is 16.8 Å². The number of pyridine rings is 1. The molecule has 0 aliphatic rings. The minimum atomic E-state index is 0.0626. The van der Waals surface area contributed by atoms with Crippen molar-refractivity contribution >= 4 is 5.52 Å². The molecule has 0 unspecified atom stereocenters. The maximum absolute atomic E-state index is 11.9. The molecule has 2 aromatic heterocycles. The van der Waals surface area contributed by atoms with E-state index in [0.29, 0.717) is 0 Å². The predicted molar refractivity (Wildman–Crippen MR) is 70.8 cm³/mol. The molecular weight excluding hydrogens is 212 g/mol. The van der Waals surface area contributed by atoms with Crippen LogP contribution in [0, 0.1) is 0 Å².